The lowest BCUT2D eigenvalue weighted by molar-refractivity contribution is 0.0981. The lowest BCUT2D eigenvalue weighted by Crippen LogP contribution is -2.27. The van der Waals surface area contributed by atoms with Crippen LogP contribution in [0.15, 0.2) is 22.0 Å². The normalized spacial score (nSPS) is 20.9. The molecule has 0 saturated carbocycles. The van der Waals surface area contributed by atoms with E-state index >= 15 is 0 Å². The molecule has 108 valence electrons. The van der Waals surface area contributed by atoms with Crippen molar-refractivity contribution < 1.29 is 5.11 Å². The summed E-state index contributed by atoms with van der Waals surface area (Å²) in [6, 6.07) is 6.44. The zero-order valence-electron chi connectivity index (χ0n) is 12.1. The molecule has 20 heavy (non-hydrogen) atoms. The van der Waals surface area contributed by atoms with Gasteiger partial charge in [-0.3, -0.25) is 0 Å². The summed E-state index contributed by atoms with van der Waals surface area (Å²) in [5.41, 5.74) is 3.87. The number of aliphatic hydroxyl groups excluding tert-OH is 1. The van der Waals surface area contributed by atoms with Crippen molar-refractivity contribution in [3.05, 3.63) is 43.8 Å². The van der Waals surface area contributed by atoms with Crippen molar-refractivity contribution in [2.75, 3.05) is 0 Å². The molecule has 0 aliphatic heterocycles. The van der Waals surface area contributed by atoms with E-state index in [1.54, 1.807) is 11.3 Å². The summed E-state index contributed by atoms with van der Waals surface area (Å²) in [4.78, 5) is 1.34. The fourth-order valence-corrected chi connectivity index (χ4v) is 4.68. The zero-order valence-corrected chi connectivity index (χ0v) is 14.5. The number of nitrogens with zero attached hydrogens (tertiary/aromatic N) is 1. The number of aliphatic hydroxyl groups is 1. The topological polar surface area (TPSA) is 25.2 Å². The maximum Gasteiger partial charge on any atom is 0.0812 e. The first-order valence-corrected chi connectivity index (χ1v) is 8.58. The Kier molecular flexibility index (Phi) is 3.59. The minimum Gasteiger partial charge on any atom is -0.388 e. The van der Waals surface area contributed by atoms with Crippen molar-refractivity contribution in [2.45, 2.75) is 46.3 Å². The molecule has 1 atom stereocenters. The Hall–Kier alpha value is -0.580. The molecule has 2 heterocycles. The molecular formula is C16H20BrNOS. The van der Waals surface area contributed by atoms with Gasteiger partial charge in [0.2, 0.25) is 0 Å². The van der Waals surface area contributed by atoms with E-state index in [0.29, 0.717) is 0 Å². The Balaban J connectivity index is 2.00. The summed E-state index contributed by atoms with van der Waals surface area (Å²) >= 11 is 5.31. The van der Waals surface area contributed by atoms with Gasteiger partial charge >= 0.3 is 0 Å². The van der Waals surface area contributed by atoms with E-state index in [-0.39, 0.29) is 11.5 Å². The highest BCUT2D eigenvalue weighted by molar-refractivity contribution is 9.11. The largest absolute Gasteiger partial charge is 0.388 e. The van der Waals surface area contributed by atoms with Crippen LogP contribution in [0, 0.1) is 12.3 Å². The van der Waals surface area contributed by atoms with Crippen LogP contribution < -0.4 is 0 Å². The molecule has 1 N–H and O–H groups in total. The van der Waals surface area contributed by atoms with Crippen LogP contribution in [0.25, 0.3) is 0 Å². The Labute approximate surface area is 132 Å². The fourth-order valence-electron chi connectivity index (χ4n) is 3.21. The number of thiophene rings is 1. The number of hydrogen-bond acceptors (Lipinski definition) is 2. The van der Waals surface area contributed by atoms with E-state index in [4.69, 9.17) is 0 Å². The van der Waals surface area contributed by atoms with Gasteiger partial charge < -0.3 is 9.67 Å². The minimum atomic E-state index is -0.316. The molecule has 1 aliphatic rings. The Bertz CT molecular complexity index is 641. The number of hydrogen-bond donors (Lipinski definition) is 1. The second kappa shape index (κ2) is 5.00. The van der Waals surface area contributed by atoms with E-state index < -0.39 is 0 Å². The van der Waals surface area contributed by atoms with E-state index in [0.717, 1.165) is 24.9 Å². The van der Waals surface area contributed by atoms with E-state index in [9.17, 15) is 5.11 Å². The molecule has 1 unspecified atom stereocenters. The Morgan fingerprint density at radius 3 is 2.85 bits per heavy atom. The third kappa shape index (κ3) is 2.61. The third-order valence-electron chi connectivity index (χ3n) is 4.14. The van der Waals surface area contributed by atoms with Crippen LogP contribution in [0.4, 0.5) is 0 Å². The van der Waals surface area contributed by atoms with Gasteiger partial charge in [0.25, 0.3) is 0 Å². The zero-order chi connectivity index (χ0) is 14.5. The van der Waals surface area contributed by atoms with Crippen molar-refractivity contribution in [1.29, 1.82) is 0 Å². The number of aromatic nitrogens is 1. The molecule has 0 saturated heterocycles. The molecular weight excluding hydrogens is 334 g/mol. The van der Waals surface area contributed by atoms with Gasteiger partial charge in [-0.2, -0.15) is 0 Å². The molecule has 0 amide bonds. The first kappa shape index (κ1) is 14.4. The second-order valence-electron chi connectivity index (χ2n) is 6.54. The van der Waals surface area contributed by atoms with Crippen LogP contribution in [-0.2, 0) is 13.0 Å². The molecule has 0 fully saturated rings. The van der Waals surface area contributed by atoms with Crippen molar-refractivity contribution in [1.82, 2.24) is 4.57 Å². The highest BCUT2D eigenvalue weighted by atomic mass is 79.9. The van der Waals surface area contributed by atoms with Gasteiger partial charge in [-0.05, 0) is 59.3 Å². The van der Waals surface area contributed by atoms with Gasteiger partial charge in [0.05, 0.1) is 16.4 Å². The minimum absolute atomic E-state index is 0.172. The summed E-state index contributed by atoms with van der Waals surface area (Å²) in [6.45, 7) is 7.53. The summed E-state index contributed by atoms with van der Waals surface area (Å²) in [5.74, 6) is 0. The molecule has 1 aliphatic carbocycles. The molecule has 2 nitrogen and oxygen atoms in total. The third-order valence-corrected chi connectivity index (χ3v) is 5.75. The number of fused-ring (bicyclic) bond motifs is 1. The monoisotopic (exact) mass is 353 g/mol. The summed E-state index contributed by atoms with van der Waals surface area (Å²) < 4.78 is 3.55. The van der Waals surface area contributed by atoms with Crippen molar-refractivity contribution >= 4 is 27.3 Å². The maximum atomic E-state index is 10.4. The molecule has 2 aromatic rings. The molecule has 4 heteroatoms. The number of halogens is 1. The fraction of sp³-hybridized carbons (Fsp3) is 0.500. The van der Waals surface area contributed by atoms with Crippen LogP contribution in [0.5, 0.6) is 0 Å². The van der Waals surface area contributed by atoms with Gasteiger partial charge in [0, 0.05) is 21.8 Å². The van der Waals surface area contributed by atoms with Crippen molar-refractivity contribution in [3.63, 3.8) is 0 Å². The van der Waals surface area contributed by atoms with Gasteiger partial charge in [-0.15, -0.1) is 11.3 Å². The number of aryl methyl sites for hydroxylation is 1. The van der Waals surface area contributed by atoms with Crippen molar-refractivity contribution in [3.8, 4) is 0 Å². The average molecular weight is 354 g/mol. The number of rotatable bonds is 2. The molecule has 2 aromatic heterocycles. The predicted molar refractivity (Wildman–Crippen MR) is 87.4 cm³/mol. The summed E-state index contributed by atoms with van der Waals surface area (Å²) in [6.07, 6.45) is 1.58. The Morgan fingerprint density at radius 1 is 1.45 bits per heavy atom. The molecule has 0 aromatic carbocycles. The molecule has 0 bridgehead atoms. The molecule has 0 spiro atoms. The molecule has 3 rings (SSSR count). The smallest absolute Gasteiger partial charge is 0.0812 e. The quantitative estimate of drug-likeness (QED) is 0.833. The predicted octanol–water partition coefficient (Wildman–Crippen LogP) is 4.67. The van der Waals surface area contributed by atoms with Gasteiger partial charge in [0.15, 0.2) is 0 Å². The van der Waals surface area contributed by atoms with E-state index in [2.05, 4.69) is 59.5 Å². The average Bonchev–Trinajstić information content (AvgIpc) is 2.86. The first-order chi connectivity index (χ1) is 9.35. The van der Waals surface area contributed by atoms with Crippen LogP contribution in [-0.4, -0.2) is 9.67 Å². The highest BCUT2D eigenvalue weighted by Gasteiger charge is 2.34. The van der Waals surface area contributed by atoms with Gasteiger partial charge in [-0.25, -0.2) is 0 Å². The summed E-state index contributed by atoms with van der Waals surface area (Å²) in [7, 11) is 0. The first-order valence-electron chi connectivity index (χ1n) is 6.97. The van der Waals surface area contributed by atoms with Gasteiger partial charge in [-0.1, -0.05) is 13.8 Å². The SMILES string of the molecule is Cc1cc2c(n1Cc1ccc(Br)s1)CC(C)(C)CC2O. The lowest BCUT2D eigenvalue weighted by atomic mass is 9.75. The van der Waals surface area contributed by atoms with E-state index in [1.807, 2.05) is 0 Å². The maximum absolute atomic E-state index is 10.4. The van der Waals surface area contributed by atoms with Crippen LogP contribution >= 0.6 is 27.3 Å². The van der Waals surface area contributed by atoms with Crippen LogP contribution in [0.2, 0.25) is 0 Å². The Morgan fingerprint density at radius 2 is 2.20 bits per heavy atom. The van der Waals surface area contributed by atoms with Crippen LogP contribution in [0.1, 0.15) is 48.2 Å². The van der Waals surface area contributed by atoms with Crippen LogP contribution in [0.3, 0.4) is 0 Å². The lowest BCUT2D eigenvalue weighted by Gasteiger charge is -2.34. The van der Waals surface area contributed by atoms with Gasteiger partial charge in [0.1, 0.15) is 0 Å². The standard InChI is InChI=1S/C16H20BrNOS/c1-10-6-12-13(7-16(2,3)8-14(12)19)18(10)9-11-4-5-15(17)20-11/h4-6,14,19H,7-9H2,1-3H3. The summed E-state index contributed by atoms with van der Waals surface area (Å²) in [5, 5.41) is 10.4. The second-order valence-corrected chi connectivity index (χ2v) is 9.09. The highest BCUT2D eigenvalue weighted by Crippen LogP contribution is 2.42. The van der Waals surface area contributed by atoms with Crippen molar-refractivity contribution in [2.24, 2.45) is 5.41 Å². The van der Waals surface area contributed by atoms with E-state index in [1.165, 1.54) is 20.1 Å². The molecule has 0 radical (unpaired) electrons.